The van der Waals surface area contributed by atoms with Gasteiger partial charge >= 0.3 is 0 Å². The van der Waals surface area contributed by atoms with Gasteiger partial charge in [-0.2, -0.15) is 0 Å². The van der Waals surface area contributed by atoms with Crippen LogP contribution in [-0.4, -0.2) is 45.6 Å². The third-order valence-electron chi connectivity index (χ3n) is 5.15. The monoisotopic (exact) mass is 341 g/mol. The Morgan fingerprint density at radius 3 is 2.45 bits per heavy atom. The van der Waals surface area contributed by atoms with Crippen LogP contribution in [0, 0.1) is 5.92 Å². The van der Waals surface area contributed by atoms with Gasteiger partial charge in [-0.3, -0.25) is 0 Å². The summed E-state index contributed by atoms with van der Waals surface area (Å²) in [7, 11) is 4.28. The molecule has 3 atom stereocenters. The van der Waals surface area contributed by atoms with Crippen LogP contribution in [-0.2, 0) is 7.05 Å². The zero-order chi connectivity index (χ0) is 14.3. The Kier molecular flexibility index (Phi) is 4.15. The van der Waals surface area contributed by atoms with E-state index >= 15 is 0 Å². The largest absolute Gasteiger partial charge is 0.309 e. The molecule has 3 unspecified atom stereocenters. The summed E-state index contributed by atoms with van der Waals surface area (Å²) >= 11 is 3.57. The van der Waals surface area contributed by atoms with Gasteiger partial charge < -0.3 is 10.2 Å². The minimum Gasteiger partial charge on any atom is -0.309 e. The topological polar surface area (TPSA) is 46.0 Å². The number of aryl methyl sites for hydroxylation is 1. The van der Waals surface area contributed by atoms with Gasteiger partial charge in [0.1, 0.15) is 0 Å². The SMILES string of the molecule is CCNC(c1c(Br)nnn1C)C1CC2CCC(C1)N2C. The highest BCUT2D eigenvalue weighted by Gasteiger charge is 2.42. The first-order chi connectivity index (χ1) is 9.61. The molecule has 0 saturated carbocycles. The summed E-state index contributed by atoms with van der Waals surface area (Å²) in [5.41, 5.74) is 1.20. The molecular formula is C14H24BrN5. The average Bonchev–Trinajstić information content (AvgIpc) is 2.84. The van der Waals surface area contributed by atoms with Crippen LogP contribution in [0.2, 0.25) is 0 Å². The van der Waals surface area contributed by atoms with Crippen LogP contribution in [0.25, 0.3) is 0 Å². The second kappa shape index (κ2) is 5.73. The van der Waals surface area contributed by atoms with E-state index < -0.39 is 0 Å². The number of aromatic nitrogens is 3. The number of halogens is 1. The molecule has 0 radical (unpaired) electrons. The molecule has 112 valence electrons. The van der Waals surface area contributed by atoms with E-state index in [0.717, 1.165) is 23.2 Å². The Balaban J connectivity index is 1.85. The fourth-order valence-electron chi connectivity index (χ4n) is 4.10. The van der Waals surface area contributed by atoms with Crippen molar-refractivity contribution < 1.29 is 0 Å². The maximum atomic E-state index is 4.16. The average molecular weight is 342 g/mol. The van der Waals surface area contributed by atoms with Crippen molar-refractivity contribution in [1.82, 2.24) is 25.2 Å². The van der Waals surface area contributed by atoms with E-state index in [9.17, 15) is 0 Å². The summed E-state index contributed by atoms with van der Waals surface area (Å²) in [5, 5.41) is 12.0. The minimum atomic E-state index is 0.353. The molecule has 3 rings (SSSR count). The summed E-state index contributed by atoms with van der Waals surface area (Å²) < 4.78 is 2.80. The molecule has 2 bridgehead atoms. The lowest BCUT2D eigenvalue weighted by Crippen LogP contribution is -2.44. The van der Waals surface area contributed by atoms with E-state index in [-0.39, 0.29) is 0 Å². The number of piperidine rings is 1. The highest BCUT2D eigenvalue weighted by Crippen LogP contribution is 2.43. The van der Waals surface area contributed by atoms with Crippen LogP contribution >= 0.6 is 15.9 Å². The zero-order valence-corrected chi connectivity index (χ0v) is 14.1. The molecule has 2 aliphatic rings. The van der Waals surface area contributed by atoms with E-state index in [0.29, 0.717) is 12.0 Å². The second-order valence-electron chi connectivity index (χ2n) is 6.21. The Hall–Kier alpha value is -0.460. The van der Waals surface area contributed by atoms with E-state index in [1.54, 1.807) is 0 Å². The molecule has 2 aliphatic heterocycles. The number of rotatable bonds is 4. The molecule has 3 heterocycles. The Labute approximate surface area is 129 Å². The van der Waals surface area contributed by atoms with Crippen LogP contribution in [0.3, 0.4) is 0 Å². The van der Waals surface area contributed by atoms with E-state index in [1.807, 2.05) is 11.7 Å². The van der Waals surface area contributed by atoms with E-state index in [1.165, 1.54) is 31.4 Å². The number of fused-ring (bicyclic) bond motifs is 2. The molecule has 2 saturated heterocycles. The Morgan fingerprint density at radius 1 is 1.30 bits per heavy atom. The van der Waals surface area contributed by atoms with E-state index in [2.05, 4.69) is 50.4 Å². The minimum absolute atomic E-state index is 0.353. The van der Waals surface area contributed by atoms with Gasteiger partial charge in [0.15, 0.2) is 4.60 Å². The third-order valence-corrected chi connectivity index (χ3v) is 5.72. The normalized spacial score (nSPS) is 31.7. The summed E-state index contributed by atoms with van der Waals surface area (Å²) in [6, 6.07) is 1.88. The van der Waals surface area contributed by atoms with Crippen LogP contribution < -0.4 is 5.32 Å². The predicted molar refractivity (Wildman–Crippen MR) is 82.4 cm³/mol. The van der Waals surface area contributed by atoms with Crippen LogP contribution in [0.1, 0.15) is 44.3 Å². The summed E-state index contributed by atoms with van der Waals surface area (Å²) in [6.07, 6.45) is 5.28. The van der Waals surface area contributed by atoms with Gasteiger partial charge in [-0.05, 0) is 61.1 Å². The number of nitrogens with one attached hydrogen (secondary N) is 1. The molecule has 1 aromatic rings. The van der Waals surface area contributed by atoms with E-state index in [4.69, 9.17) is 0 Å². The summed E-state index contributed by atoms with van der Waals surface area (Å²) in [6.45, 7) is 3.15. The van der Waals surface area contributed by atoms with Crippen molar-refractivity contribution in [3.05, 3.63) is 10.3 Å². The first-order valence-electron chi connectivity index (χ1n) is 7.62. The molecule has 2 fully saturated rings. The van der Waals surface area contributed by atoms with Gasteiger partial charge in [0.05, 0.1) is 11.7 Å². The molecule has 1 N–H and O–H groups in total. The highest BCUT2D eigenvalue weighted by atomic mass is 79.9. The maximum absolute atomic E-state index is 4.16. The molecule has 6 heteroatoms. The molecule has 0 aromatic carbocycles. The smallest absolute Gasteiger partial charge is 0.153 e. The van der Waals surface area contributed by atoms with Crippen molar-refractivity contribution in [2.75, 3.05) is 13.6 Å². The third kappa shape index (κ3) is 2.42. The first-order valence-corrected chi connectivity index (χ1v) is 8.41. The van der Waals surface area contributed by atoms with Gasteiger partial charge in [-0.25, -0.2) is 4.68 Å². The van der Waals surface area contributed by atoms with Crippen molar-refractivity contribution in [2.24, 2.45) is 13.0 Å². The maximum Gasteiger partial charge on any atom is 0.153 e. The quantitative estimate of drug-likeness (QED) is 0.910. The molecule has 1 aromatic heterocycles. The van der Waals surface area contributed by atoms with Gasteiger partial charge in [0.25, 0.3) is 0 Å². The van der Waals surface area contributed by atoms with Crippen molar-refractivity contribution in [1.29, 1.82) is 0 Å². The highest BCUT2D eigenvalue weighted by molar-refractivity contribution is 9.10. The standard InChI is InChI=1S/C14H24BrN5/c1-4-16-12(13-14(15)17-18-20(13)3)9-7-10-5-6-11(8-9)19(10)2/h9-12,16H,4-8H2,1-3H3. The van der Waals surface area contributed by atoms with Crippen LogP contribution in [0.4, 0.5) is 0 Å². The number of hydrogen-bond acceptors (Lipinski definition) is 4. The number of nitrogens with zero attached hydrogens (tertiary/aromatic N) is 4. The van der Waals surface area contributed by atoms with Gasteiger partial charge in [-0.15, -0.1) is 5.10 Å². The fraction of sp³-hybridized carbons (Fsp3) is 0.857. The van der Waals surface area contributed by atoms with Crippen molar-refractivity contribution >= 4 is 15.9 Å². The molecule has 0 spiro atoms. The fourth-order valence-corrected chi connectivity index (χ4v) is 4.68. The lowest BCUT2D eigenvalue weighted by molar-refractivity contribution is 0.111. The lowest BCUT2D eigenvalue weighted by atomic mass is 9.83. The van der Waals surface area contributed by atoms with Gasteiger partial charge in [0, 0.05) is 19.1 Å². The Bertz CT molecular complexity index is 441. The number of hydrogen-bond donors (Lipinski definition) is 1. The van der Waals surface area contributed by atoms with Crippen LogP contribution in [0.15, 0.2) is 4.60 Å². The predicted octanol–water partition coefficient (Wildman–Crippen LogP) is 2.10. The molecule has 5 nitrogen and oxygen atoms in total. The zero-order valence-electron chi connectivity index (χ0n) is 12.5. The lowest BCUT2D eigenvalue weighted by Gasteiger charge is -2.40. The molecule has 0 aliphatic carbocycles. The first kappa shape index (κ1) is 14.5. The van der Waals surface area contributed by atoms with Gasteiger partial charge in [-0.1, -0.05) is 12.1 Å². The van der Waals surface area contributed by atoms with Gasteiger partial charge in [0.2, 0.25) is 0 Å². The second-order valence-corrected chi connectivity index (χ2v) is 6.96. The van der Waals surface area contributed by atoms with Crippen LogP contribution in [0.5, 0.6) is 0 Å². The van der Waals surface area contributed by atoms with Crippen molar-refractivity contribution in [3.8, 4) is 0 Å². The van der Waals surface area contributed by atoms with Crippen molar-refractivity contribution in [2.45, 2.75) is 50.7 Å². The molecule has 20 heavy (non-hydrogen) atoms. The summed E-state index contributed by atoms with van der Waals surface area (Å²) in [5.74, 6) is 0.678. The summed E-state index contributed by atoms with van der Waals surface area (Å²) in [4.78, 5) is 2.59. The molecule has 0 amide bonds. The Morgan fingerprint density at radius 2 is 1.95 bits per heavy atom. The van der Waals surface area contributed by atoms with Crippen molar-refractivity contribution in [3.63, 3.8) is 0 Å². The molecular weight excluding hydrogens is 318 g/mol.